The highest BCUT2D eigenvalue weighted by atomic mass is 16.3. The number of nitrogens with zero attached hydrogens (tertiary/aromatic N) is 1. The van der Waals surface area contributed by atoms with Gasteiger partial charge in [-0.2, -0.15) is 0 Å². The minimum atomic E-state index is 0.414. The highest BCUT2D eigenvalue weighted by Crippen LogP contribution is 2.39. The van der Waals surface area contributed by atoms with Crippen LogP contribution < -0.4 is 0 Å². The molecule has 2 aliphatic rings. The predicted molar refractivity (Wildman–Crippen MR) is 69.1 cm³/mol. The van der Waals surface area contributed by atoms with Crippen molar-refractivity contribution >= 4 is 0 Å². The van der Waals surface area contributed by atoms with E-state index in [2.05, 4.69) is 17.9 Å². The Bertz CT molecular complexity index is 415. The van der Waals surface area contributed by atoms with E-state index in [9.17, 15) is 5.11 Å². The molecular weight excluding hydrogens is 210 g/mol. The summed E-state index contributed by atoms with van der Waals surface area (Å²) in [6, 6.07) is 6.52. The van der Waals surface area contributed by atoms with Crippen molar-refractivity contribution in [3.05, 3.63) is 29.3 Å². The fourth-order valence-corrected chi connectivity index (χ4v) is 3.44. The summed E-state index contributed by atoms with van der Waals surface area (Å²) in [6.45, 7) is 4.82. The van der Waals surface area contributed by atoms with Crippen LogP contribution in [0.25, 0.3) is 0 Å². The Kier molecular flexibility index (Phi) is 2.83. The molecule has 2 heteroatoms. The van der Waals surface area contributed by atoms with Crippen molar-refractivity contribution in [2.45, 2.75) is 38.6 Å². The maximum atomic E-state index is 9.51. The summed E-state index contributed by atoms with van der Waals surface area (Å²) in [7, 11) is 0. The average Bonchev–Trinajstić information content (AvgIpc) is 2.93. The van der Waals surface area contributed by atoms with Crippen LogP contribution in [0.4, 0.5) is 0 Å². The molecule has 0 bridgehead atoms. The SMILES string of the molecule is CCC1CCN(C2CCc3cc(O)ccc32)C1. The maximum absolute atomic E-state index is 9.51. The van der Waals surface area contributed by atoms with Crippen LogP contribution in [0, 0.1) is 5.92 Å². The number of aromatic hydroxyl groups is 1. The molecule has 1 fully saturated rings. The van der Waals surface area contributed by atoms with E-state index in [1.807, 2.05) is 12.1 Å². The molecule has 0 spiro atoms. The minimum absolute atomic E-state index is 0.414. The second kappa shape index (κ2) is 4.34. The van der Waals surface area contributed by atoms with Crippen LogP contribution in [0.15, 0.2) is 18.2 Å². The van der Waals surface area contributed by atoms with Gasteiger partial charge in [-0.25, -0.2) is 0 Å². The van der Waals surface area contributed by atoms with Gasteiger partial charge in [-0.05, 0) is 55.0 Å². The molecule has 92 valence electrons. The van der Waals surface area contributed by atoms with Crippen LogP contribution >= 0.6 is 0 Å². The molecule has 1 aromatic rings. The van der Waals surface area contributed by atoms with E-state index in [1.165, 1.54) is 43.5 Å². The molecule has 1 saturated heterocycles. The fourth-order valence-electron chi connectivity index (χ4n) is 3.44. The third-order valence-corrected chi connectivity index (χ3v) is 4.51. The van der Waals surface area contributed by atoms with E-state index >= 15 is 0 Å². The van der Waals surface area contributed by atoms with Gasteiger partial charge < -0.3 is 5.11 Å². The molecule has 0 saturated carbocycles. The minimum Gasteiger partial charge on any atom is -0.508 e. The first-order valence-electron chi connectivity index (χ1n) is 6.83. The summed E-state index contributed by atoms with van der Waals surface area (Å²) < 4.78 is 0. The zero-order valence-corrected chi connectivity index (χ0v) is 10.5. The fraction of sp³-hybridized carbons (Fsp3) is 0.600. The van der Waals surface area contributed by atoms with Crippen LogP contribution in [-0.4, -0.2) is 23.1 Å². The van der Waals surface area contributed by atoms with Gasteiger partial charge in [0, 0.05) is 12.6 Å². The molecule has 1 heterocycles. The number of aryl methyl sites for hydroxylation is 1. The van der Waals surface area contributed by atoms with E-state index < -0.39 is 0 Å². The predicted octanol–water partition coefficient (Wildman–Crippen LogP) is 3.11. The number of benzene rings is 1. The number of hydrogen-bond acceptors (Lipinski definition) is 2. The lowest BCUT2D eigenvalue weighted by Gasteiger charge is -2.24. The molecule has 0 aromatic heterocycles. The Balaban J connectivity index is 1.80. The lowest BCUT2D eigenvalue weighted by molar-refractivity contribution is 0.235. The summed E-state index contributed by atoms with van der Waals surface area (Å²) in [5.74, 6) is 1.31. The molecule has 1 aliphatic carbocycles. The van der Waals surface area contributed by atoms with Crippen LogP contribution in [0.3, 0.4) is 0 Å². The van der Waals surface area contributed by atoms with Crippen molar-refractivity contribution in [1.82, 2.24) is 4.90 Å². The standard InChI is InChI=1S/C15H21NO/c1-2-11-7-8-16(10-11)15-6-3-12-9-13(17)4-5-14(12)15/h4-5,9,11,15,17H,2-3,6-8,10H2,1H3. The lowest BCUT2D eigenvalue weighted by atomic mass is 10.1. The first-order valence-corrected chi connectivity index (χ1v) is 6.83. The van der Waals surface area contributed by atoms with Gasteiger partial charge in [-0.1, -0.05) is 19.4 Å². The lowest BCUT2D eigenvalue weighted by Crippen LogP contribution is -2.24. The van der Waals surface area contributed by atoms with Gasteiger partial charge in [0.05, 0.1) is 0 Å². The highest BCUT2D eigenvalue weighted by molar-refractivity contribution is 5.40. The molecule has 0 amide bonds. The maximum Gasteiger partial charge on any atom is 0.115 e. The van der Waals surface area contributed by atoms with E-state index in [4.69, 9.17) is 0 Å². The largest absolute Gasteiger partial charge is 0.508 e. The van der Waals surface area contributed by atoms with Crippen LogP contribution in [0.2, 0.25) is 0 Å². The van der Waals surface area contributed by atoms with Gasteiger partial charge in [-0.3, -0.25) is 4.90 Å². The van der Waals surface area contributed by atoms with Crippen molar-refractivity contribution in [3.63, 3.8) is 0 Å². The number of hydrogen-bond donors (Lipinski definition) is 1. The van der Waals surface area contributed by atoms with E-state index in [1.54, 1.807) is 0 Å². The Morgan fingerprint density at radius 3 is 3.00 bits per heavy atom. The van der Waals surface area contributed by atoms with Crippen molar-refractivity contribution in [2.75, 3.05) is 13.1 Å². The first-order chi connectivity index (χ1) is 8.28. The summed E-state index contributed by atoms with van der Waals surface area (Å²) in [6.07, 6.45) is 5.03. The normalized spacial score (nSPS) is 28.5. The van der Waals surface area contributed by atoms with Crippen LogP contribution in [0.1, 0.15) is 43.4 Å². The molecule has 1 aliphatic heterocycles. The molecule has 2 unspecified atom stereocenters. The number of likely N-dealkylation sites (tertiary alicyclic amines) is 1. The van der Waals surface area contributed by atoms with E-state index in [0.29, 0.717) is 11.8 Å². The van der Waals surface area contributed by atoms with Gasteiger partial charge in [-0.15, -0.1) is 0 Å². The summed E-state index contributed by atoms with van der Waals surface area (Å²) in [4.78, 5) is 2.65. The van der Waals surface area contributed by atoms with E-state index in [0.717, 1.165) is 12.3 Å². The second-order valence-electron chi connectivity index (χ2n) is 5.50. The molecule has 0 radical (unpaired) electrons. The third-order valence-electron chi connectivity index (χ3n) is 4.51. The van der Waals surface area contributed by atoms with Gasteiger partial charge in [0.15, 0.2) is 0 Å². The molecule has 1 aromatic carbocycles. The van der Waals surface area contributed by atoms with Gasteiger partial charge in [0.2, 0.25) is 0 Å². The molecule has 2 nitrogen and oxygen atoms in total. The quantitative estimate of drug-likeness (QED) is 0.845. The summed E-state index contributed by atoms with van der Waals surface area (Å²) in [5.41, 5.74) is 2.81. The average molecular weight is 231 g/mol. The number of rotatable bonds is 2. The third kappa shape index (κ3) is 1.95. The monoisotopic (exact) mass is 231 g/mol. The molecule has 17 heavy (non-hydrogen) atoms. The topological polar surface area (TPSA) is 23.5 Å². The van der Waals surface area contributed by atoms with Crippen molar-refractivity contribution in [3.8, 4) is 5.75 Å². The first kappa shape index (κ1) is 11.1. The zero-order valence-electron chi connectivity index (χ0n) is 10.5. The smallest absolute Gasteiger partial charge is 0.115 e. The number of phenolic OH excluding ortho intramolecular Hbond substituents is 1. The Labute approximate surface area is 103 Å². The van der Waals surface area contributed by atoms with E-state index in [-0.39, 0.29) is 0 Å². The molecule has 1 N–H and O–H groups in total. The van der Waals surface area contributed by atoms with Crippen LogP contribution in [-0.2, 0) is 6.42 Å². The number of phenols is 1. The molecule has 2 atom stereocenters. The second-order valence-corrected chi connectivity index (χ2v) is 5.50. The Morgan fingerprint density at radius 1 is 1.35 bits per heavy atom. The van der Waals surface area contributed by atoms with Crippen LogP contribution in [0.5, 0.6) is 5.75 Å². The highest BCUT2D eigenvalue weighted by Gasteiger charge is 2.32. The van der Waals surface area contributed by atoms with Gasteiger partial charge >= 0.3 is 0 Å². The number of fused-ring (bicyclic) bond motifs is 1. The van der Waals surface area contributed by atoms with Crippen molar-refractivity contribution < 1.29 is 5.11 Å². The molecule has 3 rings (SSSR count). The van der Waals surface area contributed by atoms with Crippen molar-refractivity contribution in [1.29, 1.82) is 0 Å². The van der Waals surface area contributed by atoms with Gasteiger partial charge in [0.25, 0.3) is 0 Å². The molecular formula is C15H21NO. The summed E-state index contributed by atoms with van der Waals surface area (Å²) in [5, 5.41) is 9.51. The Morgan fingerprint density at radius 2 is 2.24 bits per heavy atom. The zero-order chi connectivity index (χ0) is 11.8. The Hall–Kier alpha value is -1.02. The van der Waals surface area contributed by atoms with Crippen molar-refractivity contribution in [2.24, 2.45) is 5.92 Å². The van der Waals surface area contributed by atoms with Gasteiger partial charge in [0.1, 0.15) is 5.75 Å². The summed E-state index contributed by atoms with van der Waals surface area (Å²) >= 11 is 0.